The van der Waals surface area contributed by atoms with Crippen molar-refractivity contribution in [1.29, 1.82) is 0 Å². The van der Waals surface area contributed by atoms with Gasteiger partial charge in [-0.25, -0.2) is 4.79 Å². The van der Waals surface area contributed by atoms with Gasteiger partial charge in [-0.1, -0.05) is 110 Å². The maximum atomic E-state index is 14.6. The fourth-order valence-electron chi connectivity index (χ4n) is 6.98. The highest BCUT2D eigenvalue weighted by atomic mass is 32.1. The Morgan fingerprint density at radius 1 is 0.750 bits per heavy atom. The number of ether oxygens (including phenoxy) is 2. The highest BCUT2D eigenvalue weighted by Crippen LogP contribution is 2.24. The number of aliphatic carboxylic acids is 1. The number of hydrogen-bond acceptors (Lipinski definition) is 10. The van der Waals surface area contributed by atoms with Gasteiger partial charge in [-0.05, 0) is 57.0 Å². The molecular weight excluding hydrogens is 839 g/mol. The van der Waals surface area contributed by atoms with Crippen molar-refractivity contribution in [2.75, 3.05) is 13.7 Å². The second-order valence-electron chi connectivity index (χ2n) is 15.0. The maximum Gasteiger partial charge on any atom is 0.328 e. The normalized spacial score (nSPS) is 18.8. The van der Waals surface area contributed by atoms with Gasteiger partial charge >= 0.3 is 11.9 Å². The second-order valence-corrected chi connectivity index (χ2v) is 15.9. The molecule has 15 nitrogen and oxygen atoms in total. The minimum atomic E-state index is -1.59. The van der Waals surface area contributed by atoms with E-state index in [9.17, 15) is 38.7 Å². The van der Waals surface area contributed by atoms with Crippen LogP contribution in [-0.2, 0) is 57.6 Å². The summed E-state index contributed by atoms with van der Waals surface area (Å²) in [5, 5.41) is 24.7. The van der Waals surface area contributed by atoms with Crippen molar-refractivity contribution in [3.8, 4) is 16.9 Å². The molecule has 5 unspecified atom stereocenters. The van der Waals surface area contributed by atoms with E-state index in [-0.39, 0.29) is 30.6 Å². The van der Waals surface area contributed by atoms with Crippen molar-refractivity contribution in [2.45, 2.75) is 55.9 Å². The Morgan fingerprint density at radius 3 is 1.95 bits per heavy atom. The zero-order valence-electron chi connectivity index (χ0n) is 34.8. The molecule has 5 amide bonds. The summed E-state index contributed by atoms with van der Waals surface area (Å²) in [6, 6.07) is 28.7. The summed E-state index contributed by atoms with van der Waals surface area (Å²) in [6.07, 6.45) is -1.05. The number of hydrogen-bond donors (Lipinski definition) is 6. The average Bonchev–Trinajstić information content (AvgIpc) is 3.85. The lowest BCUT2D eigenvalue weighted by atomic mass is 9.98. The molecule has 3 heterocycles. The molecule has 1 aromatic heterocycles. The van der Waals surface area contributed by atoms with Gasteiger partial charge in [-0.2, -0.15) is 0 Å². The lowest BCUT2D eigenvalue weighted by Crippen LogP contribution is -2.60. The number of rotatable bonds is 12. The molecule has 5 aromatic rings. The Hall–Kier alpha value is -7.59. The molecule has 7 rings (SSSR count). The molecule has 2 aliphatic rings. The number of fused-ring (bicyclic) bond motifs is 16. The molecule has 0 radical (unpaired) electrons. The third-order valence-electron chi connectivity index (χ3n) is 10.4. The van der Waals surface area contributed by atoms with E-state index in [2.05, 4.69) is 33.2 Å². The first-order valence-electron chi connectivity index (χ1n) is 20.3. The largest absolute Gasteiger partial charge is 0.484 e. The predicted octanol–water partition coefficient (Wildman–Crippen LogP) is 3.62. The number of amides is 5. The average molecular weight is 886 g/mol. The third kappa shape index (κ3) is 12.7. The van der Waals surface area contributed by atoms with Crippen molar-refractivity contribution in [1.82, 2.24) is 26.6 Å². The van der Waals surface area contributed by atoms with Crippen LogP contribution < -0.4 is 31.3 Å². The third-order valence-corrected chi connectivity index (χ3v) is 11.3. The summed E-state index contributed by atoms with van der Waals surface area (Å²) in [5.41, 5.74) is 3.99. The van der Waals surface area contributed by atoms with Gasteiger partial charge in [0.05, 0.1) is 13.5 Å². The number of carbonyl (C=O) groups excluding carboxylic acids is 6. The van der Waals surface area contributed by atoms with E-state index in [1.807, 2.05) is 54.6 Å². The number of nitrogens with one attached hydrogen (secondary N) is 5. The van der Waals surface area contributed by atoms with Crippen molar-refractivity contribution in [2.24, 2.45) is 0 Å². The van der Waals surface area contributed by atoms with Crippen LogP contribution in [0.4, 0.5) is 0 Å². The second kappa shape index (κ2) is 22.0. The first-order chi connectivity index (χ1) is 30.9. The number of thiophene rings is 1. The summed E-state index contributed by atoms with van der Waals surface area (Å²) >= 11 is 1.31. The van der Waals surface area contributed by atoms with E-state index in [0.29, 0.717) is 21.6 Å². The fraction of sp³-hybridized carbons (Fsp3) is 0.229. The van der Waals surface area contributed by atoms with Crippen molar-refractivity contribution in [3.05, 3.63) is 155 Å². The SMILES string of the molecule is C=C(c1cccs1)C1NC(=O)COc2ccc(cc2)CC(C(=O)NC(CC(=O)O)C(=O)OC)NC(=O)C(Cc2ccccc2)NC(=O)C(Cc2ccc(-c3ccccc3)cc2)NC1=O. The summed E-state index contributed by atoms with van der Waals surface area (Å²) in [6.45, 7) is 3.63. The summed E-state index contributed by atoms with van der Waals surface area (Å²) < 4.78 is 10.5. The zero-order chi connectivity index (χ0) is 45.6. The molecule has 2 bridgehead atoms. The quantitative estimate of drug-likeness (QED) is 0.0790. The van der Waals surface area contributed by atoms with Gasteiger partial charge in [0.25, 0.3) is 5.91 Å². The van der Waals surface area contributed by atoms with E-state index < -0.39 is 84.7 Å². The van der Waals surface area contributed by atoms with Gasteiger partial charge < -0.3 is 41.2 Å². The predicted molar refractivity (Wildman–Crippen MR) is 239 cm³/mol. The fourth-order valence-corrected chi connectivity index (χ4v) is 7.71. The van der Waals surface area contributed by atoms with Crippen molar-refractivity contribution >= 4 is 58.4 Å². The maximum absolute atomic E-state index is 14.6. The van der Waals surface area contributed by atoms with E-state index in [1.165, 1.54) is 11.3 Å². The number of carboxylic acid groups (broad SMARTS) is 1. The van der Waals surface area contributed by atoms with Gasteiger partial charge in [-0.15, -0.1) is 11.3 Å². The van der Waals surface area contributed by atoms with Crippen LogP contribution in [0.5, 0.6) is 5.75 Å². The summed E-state index contributed by atoms with van der Waals surface area (Å²) in [7, 11) is 1.05. The number of esters is 1. The number of benzene rings is 4. The molecular formula is C48H47N5O10S. The number of carbonyl (C=O) groups is 7. The molecule has 5 atom stereocenters. The van der Waals surface area contributed by atoms with Crippen molar-refractivity contribution in [3.63, 3.8) is 0 Å². The topological polar surface area (TPSA) is 218 Å². The van der Waals surface area contributed by atoms with Gasteiger partial charge in [-0.3, -0.25) is 28.8 Å². The molecule has 6 N–H and O–H groups in total. The highest BCUT2D eigenvalue weighted by molar-refractivity contribution is 7.11. The van der Waals surface area contributed by atoms with Crippen molar-refractivity contribution < 1.29 is 48.1 Å². The molecule has 64 heavy (non-hydrogen) atoms. The Bertz CT molecular complexity index is 2450. The van der Waals surface area contributed by atoms with Crippen LogP contribution in [0.25, 0.3) is 16.7 Å². The number of methoxy groups -OCH3 is 1. The van der Waals surface area contributed by atoms with Crippen LogP contribution in [0.3, 0.4) is 0 Å². The van der Waals surface area contributed by atoms with E-state index >= 15 is 0 Å². The summed E-state index contributed by atoms with van der Waals surface area (Å²) in [4.78, 5) is 95.7. The Balaban J connectivity index is 1.38. The van der Waals surface area contributed by atoms with Crippen LogP contribution in [0, 0.1) is 0 Å². The Labute approximate surface area is 373 Å². The van der Waals surface area contributed by atoms with E-state index in [0.717, 1.165) is 18.2 Å². The smallest absolute Gasteiger partial charge is 0.328 e. The molecule has 0 saturated carbocycles. The van der Waals surface area contributed by atoms with Gasteiger partial charge in [0.2, 0.25) is 23.6 Å². The minimum absolute atomic E-state index is 0.0426. The van der Waals surface area contributed by atoms with E-state index in [4.69, 9.17) is 9.47 Å². The Morgan fingerprint density at radius 2 is 1.34 bits per heavy atom. The monoisotopic (exact) mass is 885 g/mol. The standard InChI is InChI=1S/C48H47N5O10S/c1-29(40-14-9-23-64-40)43-47(60)51-38(25-31-15-19-34(20-16-31)33-12-7-4-8-13-33)45(58)49-36(24-30-10-5-3-6-11-30)44(57)50-37(46(59)52-39(27-42(55)56)48(61)62-2)26-32-17-21-35(22-18-32)63-28-41(54)53-43/h3-23,36-39,43H,1,24-28H2,2H3,(H,49,58)(H,50,57)(H,51,60)(H,52,59)(H,53,54)(H,55,56). The molecule has 2 aliphatic heterocycles. The van der Waals surface area contributed by atoms with Crippen LogP contribution in [0.15, 0.2) is 133 Å². The zero-order valence-corrected chi connectivity index (χ0v) is 35.6. The summed E-state index contributed by atoms with van der Waals surface area (Å²) in [5.74, 6) is -5.99. The lowest BCUT2D eigenvalue weighted by molar-refractivity contribution is -0.149. The molecule has 0 aliphatic carbocycles. The van der Waals surface area contributed by atoms with Crippen LogP contribution in [0.2, 0.25) is 0 Å². The van der Waals surface area contributed by atoms with Crippen LogP contribution >= 0.6 is 11.3 Å². The van der Waals surface area contributed by atoms with Crippen LogP contribution in [0.1, 0.15) is 28.0 Å². The molecule has 0 saturated heterocycles. The first kappa shape index (κ1) is 45.9. The van der Waals surface area contributed by atoms with E-state index in [1.54, 1.807) is 72.1 Å². The molecule has 0 spiro atoms. The number of carboxylic acids is 1. The van der Waals surface area contributed by atoms with Gasteiger partial charge in [0, 0.05) is 24.1 Å². The highest BCUT2D eigenvalue weighted by Gasteiger charge is 2.35. The molecule has 330 valence electrons. The lowest BCUT2D eigenvalue weighted by Gasteiger charge is -2.27. The van der Waals surface area contributed by atoms with Gasteiger partial charge in [0.15, 0.2) is 6.61 Å². The molecule has 0 fully saturated rings. The Kier molecular flexibility index (Phi) is 15.8. The van der Waals surface area contributed by atoms with Crippen LogP contribution in [-0.4, -0.2) is 90.5 Å². The minimum Gasteiger partial charge on any atom is -0.484 e. The molecule has 4 aromatic carbocycles. The first-order valence-corrected chi connectivity index (χ1v) is 21.2. The van der Waals surface area contributed by atoms with Gasteiger partial charge in [0.1, 0.15) is 36.0 Å². The molecule has 16 heteroatoms.